The number of carbonyl (C=O) groups excluding carboxylic acids is 1. The molecule has 1 N–H and O–H groups in total. The Labute approximate surface area is 154 Å². The molecular weight excluding hydrogens is 332 g/mol. The van der Waals surface area contributed by atoms with Crippen molar-refractivity contribution in [2.75, 3.05) is 45.6 Å². The zero-order valence-electron chi connectivity index (χ0n) is 16.0. The molecule has 0 heterocycles. The summed E-state index contributed by atoms with van der Waals surface area (Å²) in [4.78, 5) is 14.3. The van der Waals surface area contributed by atoms with Gasteiger partial charge in [0.2, 0.25) is 11.7 Å². The first-order chi connectivity index (χ1) is 12.5. The predicted molar refractivity (Wildman–Crippen MR) is 104 cm³/mol. The molecule has 2 aromatic carbocycles. The van der Waals surface area contributed by atoms with Crippen LogP contribution in [-0.2, 0) is 11.2 Å². The molecule has 6 nitrogen and oxygen atoms in total. The molecule has 26 heavy (non-hydrogen) atoms. The lowest BCUT2D eigenvalue weighted by molar-refractivity contribution is -0.116. The van der Waals surface area contributed by atoms with E-state index in [1.165, 1.54) is 0 Å². The predicted octanol–water partition coefficient (Wildman–Crippen LogP) is 3.35. The number of rotatable bonds is 8. The van der Waals surface area contributed by atoms with Gasteiger partial charge < -0.3 is 24.4 Å². The zero-order valence-corrected chi connectivity index (χ0v) is 16.0. The summed E-state index contributed by atoms with van der Waals surface area (Å²) in [6.07, 6.45) is 1.06. The Morgan fingerprint density at radius 3 is 2.00 bits per heavy atom. The Morgan fingerprint density at radius 2 is 1.54 bits per heavy atom. The van der Waals surface area contributed by atoms with Crippen LogP contribution in [0.5, 0.6) is 17.2 Å². The number of aryl methyl sites for hydroxylation is 1. The largest absolute Gasteiger partial charge is 0.493 e. The molecule has 2 rings (SSSR count). The average molecular weight is 358 g/mol. The van der Waals surface area contributed by atoms with Gasteiger partial charge >= 0.3 is 0 Å². The van der Waals surface area contributed by atoms with Crippen molar-refractivity contribution in [1.29, 1.82) is 0 Å². The van der Waals surface area contributed by atoms with Gasteiger partial charge in [0.1, 0.15) is 0 Å². The number of nitrogens with one attached hydrogen (secondary N) is 1. The summed E-state index contributed by atoms with van der Waals surface area (Å²) >= 11 is 0. The van der Waals surface area contributed by atoms with E-state index in [0.717, 1.165) is 11.3 Å². The maximum atomic E-state index is 12.3. The second-order valence-electron chi connectivity index (χ2n) is 6.02. The van der Waals surface area contributed by atoms with Crippen LogP contribution in [0.1, 0.15) is 12.0 Å². The van der Waals surface area contributed by atoms with Gasteiger partial charge in [0.05, 0.1) is 21.3 Å². The third-order valence-corrected chi connectivity index (χ3v) is 4.04. The lowest BCUT2D eigenvalue weighted by atomic mass is 10.1. The number of methoxy groups -OCH3 is 3. The molecule has 140 valence electrons. The summed E-state index contributed by atoms with van der Waals surface area (Å²) in [6.45, 7) is 0. The first-order valence-corrected chi connectivity index (χ1v) is 8.34. The van der Waals surface area contributed by atoms with E-state index in [1.807, 2.05) is 43.3 Å². The summed E-state index contributed by atoms with van der Waals surface area (Å²) in [5.74, 6) is 1.42. The first kappa shape index (κ1) is 19.4. The summed E-state index contributed by atoms with van der Waals surface area (Å²) < 4.78 is 15.9. The number of benzene rings is 2. The van der Waals surface area contributed by atoms with Gasteiger partial charge in [-0.05, 0) is 24.1 Å². The minimum atomic E-state index is -0.0732. The summed E-state index contributed by atoms with van der Waals surface area (Å²) in [5.41, 5.74) is 2.86. The second-order valence-corrected chi connectivity index (χ2v) is 6.02. The molecule has 0 bridgehead atoms. The molecule has 1 amide bonds. The Kier molecular flexibility index (Phi) is 6.72. The van der Waals surface area contributed by atoms with Crippen LogP contribution in [0.4, 0.5) is 11.4 Å². The van der Waals surface area contributed by atoms with Crippen molar-refractivity contribution in [3.8, 4) is 17.2 Å². The maximum absolute atomic E-state index is 12.3. The van der Waals surface area contributed by atoms with E-state index in [9.17, 15) is 4.79 Å². The highest BCUT2D eigenvalue weighted by molar-refractivity contribution is 5.91. The van der Waals surface area contributed by atoms with Crippen LogP contribution < -0.4 is 24.4 Å². The molecule has 0 aliphatic rings. The molecule has 0 atom stereocenters. The van der Waals surface area contributed by atoms with Crippen LogP contribution in [0.15, 0.2) is 36.4 Å². The lowest BCUT2D eigenvalue weighted by Crippen LogP contribution is -2.13. The number of nitrogens with zero attached hydrogens (tertiary/aromatic N) is 1. The molecule has 0 radical (unpaired) electrons. The topological polar surface area (TPSA) is 60.0 Å². The SMILES string of the molecule is COc1cc(NC(=O)CCc2ccc(N(C)C)cc2)cc(OC)c1OC. The number of carbonyl (C=O) groups is 1. The summed E-state index contributed by atoms with van der Waals surface area (Å²) in [5, 5.41) is 2.88. The lowest BCUT2D eigenvalue weighted by Gasteiger charge is -2.15. The van der Waals surface area contributed by atoms with E-state index in [4.69, 9.17) is 14.2 Å². The maximum Gasteiger partial charge on any atom is 0.224 e. The smallest absolute Gasteiger partial charge is 0.224 e. The van der Waals surface area contributed by atoms with Crippen LogP contribution >= 0.6 is 0 Å². The Morgan fingerprint density at radius 1 is 0.962 bits per heavy atom. The van der Waals surface area contributed by atoms with E-state index in [0.29, 0.717) is 35.8 Å². The van der Waals surface area contributed by atoms with Crippen molar-refractivity contribution in [3.63, 3.8) is 0 Å². The van der Waals surface area contributed by atoms with Crippen LogP contribution in [0.3, 0.4) is 0 Å². The van der Waals surface area contributed by atoms with Crippen LogP contribution in [0, 0.1) is 0 Å². The van der Waals surface area contributed by atoms with Gasteiger partial charge in [-0.15, -0.1) is 0 Å². The van der Waals surface area contributed by atoms with Crippen LogP contribution in [0.2, 0.25) is 0 Å². The highest BCUT2D eigenvalue weighted by Crippen LogP contribution is 2.39. The van der Waals surface area contributed by atoms with E-state index in [-0.39, 0.29) is 5.91 Å². The Balaban J connectivity index is 2.01. The zero-order chi connectivity index (χ0) is 19.1. The number of anilines is 2. The molecule has 0 saturated carbocycles. The molecule has 0 aliphatic heterocycles. The molecule has 0 unspecified atom stereocenters. The fourth-order valence-electron chi connectivity index (χ4n) is 2.60. The standard InChI is InChI=1S/C20H26N2O4/c1-22(2)16-9-6-14(7-10-16)8-11-19(23)21-15-12-17(24-3)20(26-5)18(13-15)25-4/h6-7,9-10,12-13H,8,11H2,1-5H3,(H,21,23). The molecule has 0 aliphatic carbocycles. The highest BCUT2D eigenvalue weighted by Gasteiger charge is 2.14. The molecule has 0 fully saturated rings. The van der Waals surface area contributed by atoms with Crippen molar-refractivity contribution in [3.05, 3.63) is 42.0 Å². The third kappa shape index (κ3) is 4.81. The summed E-state index contributed by atoms with van der Waals surface area (Å²) in [6, 6.07) is 11.6. The first-order valence-electron chi connectivity index (χ1n) is 8.34. The Hall–Kier alpha value is -2.89. The molecule has 0 aromatic heterocycles. The molecule has 6 heteroatoms. The fourth-order valence-corrected chi connectivity index (χ4v) is 2.60. The van der Waals surface area contributed by atoms with Gasteiger partial charge in [0.25, 0.3) is 0 Å². The highest BCUT2D eigenvalue weighted by atomic mass is 16.5. The normalized spacial score (nSPS) is 10.2. The van der Waals surface area contributed by atoms with Gasteiger partial charge in [-0.3, -0.25) is 4.79 Å². The third-order valence-electron chi connectivity index (χ3n) is 4.04. The van der Waals surface area contributed by atoms with Crippen molar-refractivity contribution in [2.45, 2.75) is 12.8 Å². The van der Waals surface area contributed by atoms with Gasteiger partial charge in [-0.25, -0.2) is 0 Å². The number of hydrogen-bond donors (Lipinski definition) is 1. The average Bonchev–Trinajstić information content (AvgIpc) is 2.65. The number of amides is 1. The molecule has 2 aromatic rings. The van der Waals surface area contributed by atoms with E-state index in [2.05, 4.69) is 5.32 Å². The van der Waals surface area contributed by atoms with Crippen molar-refractivity contribution >= 4 is 17.3 Å². The molecule has 0 spiro atoms. The summed E-state index contributed by atoms with van der Waals surface area (Å²) in [7, 11) is 8.63. The minimum Gasteiger partial charge on any atom is -0.493 e. The number of hydrogen-bond acceptors (Lipinski definition) is 5. The Bertz CT molecular complexity index is 717. The van der Waals surface area contributed by atoms with E-state index in [1.54, 1.807) is 33.5 Å². The van der Waals surface area contributed by atoms with Crippen molar-refractivity contribution in [2.24, 2.45) is 0 Å². The van der Waals surface area contributed by atoms with Crippen LogP contribution in [0.25, 0.3) is 0 Å². The van der Waals surface area contributed by atoms with Crippen LogP contribution in [-0.4, -0.2) is 41.3 Å². The van der Waals surface area contributed by atoms with Gasteiger partial charge in [-0.2, -0.15) is 0 Å². The minimum absolute atomic E-state index is 0.0732. The molecular formula is C20H26N2O4. The monoisotopic (exact) mass is 358 g/mol. The van der Waals surface area contributed by atoms with Gasteiger partial charge in [0, 0.05) is 44.0 Å². The fraction of sp³-hybridized carbons (Fsp3) is 0.350. The van der Waals surface area contributed by atoms with Crippen molar-refractivity contribution in [1.82, 2.24) is 0 Å². The van der Waals surface area contributed by atoms with Crippen molar-refractivity contribution < 1.29 is 19.0 Å². The quantitative estimate of drug-likeness (QED) is 0.784. The van der Waals surface area contributed by atoms with Gasteiger partial charge in [0.15, 0.2) is 11.5 Å². The second kappa shape index (κ2) is 8.99. The number of ether oxygens (including phenoxy) is 3. The van der Waals surface area contributed by atoms with E-state index >= 15 is 0 Å². The molecule has 0 saturated heterocycles. The van der Waals surface area contributed by atoms with E-state index < -0.39 is 0 Å². The van der Waals surface area contributed by atoms with Gasteiger partial charge in [-0.1, -0.05) is 12.1 Å².